The van der Waals surface area contributed by atoms with Crippen molar-refractivity contribution in [1.29, 1.82) is 0 Å². The molecule has 198 valence electrons. The molecule has 2 aromatic rings. The lowest BCUT2D eigenvalue weighted by molar-refractivity contribution is -0.141. The van der Waals surface area contributed by atoms with Crippen LogP contribution in [0.1, 0.15) is 89.2 Å². The third-order valence-electron chi connectivity index (χ3n) is 6.47. The van der Waals surface area contributed by atoms with Gasteiger partial charge in [-0.25, -0.2) is 4.39 Å². The first kappa shape index (κ1) is 30.0. The fraction of sp³-hybridized carbons (Fsp3) is 0.394. The predicted octanol–water partition coefficient (Wildman–Crippen LogP) is 9.10. The molecule has 1 aromatic carbocycles. The first-order valence-corrected chi connectivity index (χ1v) is 13.4. The van der Waals surface area contributed by atoms with Gasteiger partial charge >= 0.3 is 5.97 Å². The van der Waals surface area contributed by atoms with E-state index in [1.807, 2.05) is 32.1 Å². The molecule has 3 nitrogen and oxygen atoms in total. The molecular weight excluding hydrogens is 461 g/mol. The van der Waals surface area contributed by atoms with Crippen molar-refractivity contribution in [3.63, 3.8) is 0 Å². The molecule has 0 spiro atoms. The van der Waals surface area contributed by atoms with Gasteiger partial charge < -0.3 is 4.74 Å². The second-order valence-electron chi connectivity index (χ2n) is 9.36. The molecule has 1 atom stereocenters. The molecule has 1 aliphatic rings. The summed E-state index contributed by atoms with van der Waals surface area (Å²) in [5, 5.41) is 0. The van der Waals surface area contributed by atoms with Gasteiger partial charge in [-0.2, -0.15) is 0 Å². The summed E-state index contributed by atoms with van der Waals surface area (Å²) in [5.41, 5.74) is 8.20. The van der Waals surface area contributed by atoms with Crippen molar-refractivity contribution in [2.24, 2.45) is 5.92 Å². The number of allylic oxidation sites excluding steroid dienone is 4. The molecule has 1 heterocycles. The van der Waals surface area contributed by atoms with Crippen LogP contribution < -0.4 is 0 Å². The number of aromatic nitrogens is 1. The van der Waals surface area contributed by atoms with E-state index in [0.717, 1.165) is 70.5 Å². The van der Waals surface area contributed by atoms with Gasteiger partial charge in [-0.05, 0) is 71.6 Å². The molecule has 0 radical (unpaired) electrons. The van der Waals surface area contributed by atoms with Crippen molar-refractivity contribution in [2.45, 2.75) is 73.1 Å². The second kappa shape index (κ2) is 14.5. The van der Waals surface area contributed by atoms with Gasteiger partial charge in [-0.15, -0.1) is 0 Å². The summed E-state index contributed by atoms with van der Waals surface area (Å²) in [4.78, 5) is 16.5. The van der Waals surface area contributed by atoms with E-state index in [9.17, 15) is 9.18 Å². The minimum Gasteiger partial charge on any atom is -0.465 e. The van der Waals surface area contributed by atoms with Crippen LogP contribution in [0, 0.1) is 11.7 Å². The predicted molar refractivity (Wildman–Crippen MR) is 155 cm³/mol. The van der Waals surface area contributed by atoms with Crippen LogP contribution in [-0.2, 0) is 16.0 Å². The van der Waals surface area contributed by atoms with Gasteiger partial charge in [0.15, 0.2) is 0 Å². The molecule has 0 amide bonds. The minimum atomic E-state index is -0.277. The topological polar surface area (TPSA) is 39.2 Å². The third-order valence-corrected chi connectivity index (χ3v) is 6.47. The van der Waals surface area contributed by atoms with Gasteiger partial charge in [-0.1, -0.05) is 84.2 Å². The van der Waals surface area contributed by atoms with Crippen molar-refractivity contribution >= 4 is 17.6 Å². The normalized spacial score (nSPS) is 15.1. The van der Waals surface area contributed by atoms with Gasteiger partial charge in [0.1, 0.15) is 5.82 Å². The Morgan fingerprint density at radius 1 is 1.19 bits per heavy atom. The van der Waals surface area contributed by atoms with Crippen LogP contribution >= 0.6 is 0 Å². The SMILES string of the molecule is C=C/C=C1/CCCc2c(nc(C(C)C)c(/C=C/[C@H](CC)COC(C)=O)c2-c2ccc(F)cc2)C1=C.CC. The highest BCUT2D eigenvalue weighted by Crippen LogP contribution is 2.41. The fourth-order valence-corrected chi connectivity index (χ4v) is 4.56. The zero-order chi connectivity index (χ0) is 27.5. The quantitative estimate of drug-likeness (QED) is 0.266. The van der Waals surface area contributed by atoms with Crippen molar-refractivity contribution in [3.05, 3.63) is 89.6 Å². The lowest BCUT2D eigenvalue weighted by Crippen LogP contribution is -2.10. The average molecular weight is 504 g/mol. The highest BCUT2D eigenvalue weighted by Gasteiger charge is 2.25. The van der Waals surface area contributed by atoms with Crippen molar-refractivity contribution in [2.75, 3.05) is 6.61 Å². The zero-order valence-corrected chi connectivity index (χ0v) is 23.4. The molecule has 0 aliphatic heterocycles. The molecule has 0 unspecified atom stereocenters. The fourth-order valence-electron chi connectivity index (χ4n) is 4.56. The van der Waals surface area contributed by atoms with E-state index >= 15 is 0 Å². The summed E-state index contributed by atoms with van der Waals surface area (Å²) < 4.78 is 19.1. The Balaban J connectivity index is 0.00000235. The highest BCUT2D eigenvalue weighted by atomic mass is 19.1. The number of carbonyl (C=O) groups is 1. The van der Waals surface area contributed by atoms with E-state index in [1.165, 1.54) is 19.1 Å². The largest absolute Gasteiger partial charge is 0.465 e. The molecule has 0 N–H and O–H groups in total. The number of fused-ring (bicyclic) bond motifs is 1. The molecular formula is C33H42FNO2. The smallest absolute Gasteiger partial charge is 0.302 e. The number of nitrogens with zero attached hydrogens (tertiary/aromatic N) is 1. The summed E-state index contributed by atoms with van der Waals surface area (Å²) >= 11 is 0. The lowest BCUT2D eigenvalue weighted by Gasteiger charge is -2.22. The van der Waals surface area contributed by atoms with E-state index in [2.05, 4.69) is 46.1 Å². The second-order valence-corrected chi connectivity index (χ2v) is 9.36. The third kappa shape index (κ3) is 7.61. The standard InChI is InChI=1S/C31H36FNO2.C2H6/c1-7-10-24-11-9-12-27-29(25-14-16-26(32)17-15-25)28(18-13-23(8-2)19-35-22(6)34)30(20(3)4)33-31(27)21(24)5;1-2/h7,10,13-18,20,23H,1,5,8-9,11-12,19H2,2-4,6H3;1-2H3/b18-13+,24-10-;/t23-;/m0./s1. The van der Waals surface area contributed by atoms with Gasteiger partial charge in [0.25, 0.3) is 0 Å². The van der Waals surface area contributed by atoms with Gasteiger partial charge in [-0.3, -0.25) is 9.78 Å². The first-order valence-electron chi connectivity index (χ1n) is 13.4. The first-order chi connectivity index (χ1) is 17.8. The summed E-state index contributed by atoms with van der Waals surface area (Å²) in [6, 6.07) is 6.71. The summed E-state index contributed by atoms with van der Waals surface area (Å²) in [7, 11) is 0. The number of rotatable bonds is 8. The minimum absolute atomic E-state index is 0.0934. The molecule has 1 aromatic heterocycles. The molecule has 3 rings (SSSR count). The van der Waals surface area contributed by atoms with E-state index in [4.69, 9.17) is 9.72 Å². The molecule has 37 heavy (non-hydrogen) atoms. The lowest BCUT2D eigenvalue weighted by atomic mass is 9.86. The number of hydrogen-bond donors (Lipinski definition) is 0. The number of benzene rings is 1. The number of carbonyl (C=O) groups excluding carboxylic acids is 1. The Hall–Kier alpha value is -3.27. The zero-order valence-electron chi connectivity index (χ0n) is 23.4. The Morgan fingerprint density at radius 3 is 2.43 bits per heavy atom. The Bertz CT molecular complexity index is 1160. The van der Waals surface area contributed by atoms with E-state index in [1.54, 1.807) is 6.08 Å². The Morgan fingerprint density at radius 2 is 1.86 bits per heavy atom. The number of hydrogen-bond acceptors (Lipinski definition) is 3. The van der Waals surface area contributed by atoms with E-state index in [0.29, 0.717) is 6.61 Å². The van der Waals surface area contributed by atoms with E-state index in [-0.39, 0.29) is 23.6 Å². The van der Waals surface area contributed by atoms with Crippen LogP contribution in [0.25, 0.3) is 22.8 Å². The van der Waals surface area contributed by atoms with Gasteiger partial charge in [0.2, 0.25) is 0 Å². The summed E-state index contributed by atoms with van der Waals surface area (Å²) in [6.07, 6.45) is 11.6. The van der Waals surface area contributed by atoms with Gasteiger partial charge in [0.05, 0.1) is 18.0 Å². The Kier molecular flexibility index (Phi) is 11.7. The van der Waals surface area contributed by atoms with Crippen LogP contribution in [0.2, 0.25) is 0 Å². The molecule has 0 bridgehead atoms. The van der Waals surface area contributed by atoms with Crippen molar-refractivity contribution in [1.82, 2.24) is 4.98 Å². The highest BCUT2D eigenvalue weighted by molar-refractivity contribution is 5.87. The van der Waals surface area contributed by atoms with Crippen LogP contribution in [-0.4, -0.2) is 17.6 Å². The van der Waals surface area contributed by atoms with Crippen molar-refractivity contribution < 1.29 is 13.9 Å². The van der Waals surface area contributed by atoms with Crippen LogP contribution in [0.15, 0.2) is 61.2 Å². The Labute approximate surface area is 222 Å². The number of esters is 1. The van der Waals surface area contributed by atoms with Crippen LogP contribution in [0.4, 0.5) is 4.39 Å². The molecule has 4 heteroatoms. The van der Waals surface area contributed by atoms with Crippen molar-refractivity contribution in [3.8, 4) is 11.1 Å². The van der Waals surface area contributed by atoms with Gasteiger partial charge in [0, 0.05) is 18.4 Å². The monoisotopic (exact) mass is 503 g/mol. The number of pyridine rings is 1. The molecule has 0 saturated carbocycles. The maximum atomic E-state index is 13.9. The van der Waals surface area contributed by atoms with E-state index < -0.39 is 0 Å². The molecule has 1 aliphatic carbocycles. The maximum absolute atomic E-state index is 13.9. The number of ether oxygens (including phenoxy) is 1. The summed E-state index contributed by atoms with van der Waals surface area (Å²) in [6.45, 7) is 20.4. The van der Waals surface area contributed by atoms with Crippen LogP contribution in [0.5, 0.6) is 0 Å². The van der Waals surface area contributed by atoms with Crippen LogP contribution in [0.3, 0.4) is 0 Å². The number of halogens is 1. The average Bonchev–Trinajstić information content (AvgIpc) is 3.04. The molecule has 0 fully saturated rings. The maximum Gasteiger partial charge on any atom is 0.302 e. The summed E-state index contributed by atoms with van der Waals surface area (Å²) in [5.74, 6) is -0.283. The molecule has 0 saturated heterocycles.